The first-order valence-electron chi connectivity index (χ1n) is 5.87. The number of benzene rings is 1. The molecule has 1 aromatic carbocycles. The summed E-state index contributed by atoms with van der Waals surface area (Å²) in [7, 11) is 1.41. The van der Waals surface area contributed by atoms with Gasteiger partial charge in [0.15, 0.2) is 0 Å². The number of rotatable bonds is 7. The van der Waals surface area contributed by atoms with Crippen LogP contribution in [-0.4, -0.2) is 31.4 Å². The van der Waals surface area contributed by atoms with Crippen molar-refractivity contribution >= 4 is 29.3 Å². The monoisotopic (exact) mass is 287 g/mol. The van der Waals surface area contributed by atoms with Crippen LogP contribution in [0.3, 0.4) is 0 Å². The molecule has 1 N–H and O–H groups in total. The van der Waals surface area contributed by atoms with Gasteiger partial charge < -0.3 is 10.1 Å². The summed E-state index contributed by atoms with van der Waals surface area (Å²) in [6.45, 7) is 2.72. The van der Waals surface area contributed by atoms with Gasteiger partial charge in [0.2, 0.25) is 0 Å². The average molecular weight is 288 g/mol. The third-order valence-corrected chi connectivity index (χ3v) is 3.99. The number of methoxy groups -OCH3 is 1. The lowest BCUT2D eigenvalue weighted by molar-refractivity contribution is -0.143. The Labute approximate surface area is 117 Å². The van der Waals surface area contributed by atoms with Gasteiger partial charge in [-0.2, -0.15) is 0 Å². The molecular weight excluding hydrogens is 270 g/mol. The number of hydrogen-bond acceptors (Lipinski definition) is 4. The average Bonchev–Trinajstić information content (AvgIpc) is 2.39. The molecule has 100 valence electrons. The number of nitrogens with one attached hydrogen (secondary N) is 1. The Morgan fingerprint density at radius 3 is 2.83 bits per heavy atom. The number of ether oxygens (including phenoxy) is 1. The molecule has 0 fully saturated rings. The van der Waals surface area contributed by atoms with Crippen molar-refractivity contribution < 1.29 is 9.53 Å². The van der Waals surface area contributed by atoms with E-state index >= 15 is 0 Å². The Bertz CT molecular complexity index is 387. The van der Waals surface area contributed by atoms with E-state index in [1.165, 1.54) is 7.11 Å². The van der Waals surface area contributed by atoms with Crippen LogP contribution < -0.4 is 5.32 Å². The number of likely N-dealkylation sites (N-methyl/N-ethyl adjacent to an activating group) is 1. The van der Waals surface area contributed by atoms with Crippen molar-refractivity contribution in [2.24, 2.45) is 0 Å². The molecule has 3 nitrogen and oxygen atoms in total. The van der Waals surface area contributed by atoms with Crippen molar-refractivity contribution in [1.29, 1.82) is 0 Å². The molecule has 0 saturated carbocycles. The van der Waals surface area contributed by atoms with Crippen LogP contribution in [0.15, 0.2) is 29.2 Å². The van der Waals surface area contributed by atoms with Crippen molar-refractivity contribution in [2.45, 2.75) is 24.3 Å². The van der Waals surface area contributed by atoms with Crippen LogP contribution in [-0.2, 0) is 9.53 Å². The molecule has 5 heteroatoms. The van der Waals surface area contributed by atoms with E-state index in [4.69, 9.17) is 16.3 Å². The molecule has 0 heterocycles. The Hall–Kier alpha value is -0.710. The van der Waals surface area contributed by atoms with Crippen LogP contribution in [0.25, 0.3) is 0 Å². The summed E-state index contributed by atoms with van der Waals surface area (Å²) in [6.07, 6.45) is 0.719. The van der Waals surface area contributed by atoms with Gasteiger partial charge in [0.05, 0.1) is 12.1 Å². The maximum Gasteiger partial charge on any atom is 0.322 e. The number of halogens is 1. The zero-order chi connectivity index (χ0) is 13.4. The second kappa shape index (κ2) is 8.40. The quantitative estimate of drug-likeness (QED) is 0.618. The fourth-order valence-corrected chi connectivity index (χ4v) is 2.79. The van der Waals surface area contributed by atoms with E-state index in [1.54, 1.807) is 11.8 Å². The molecule has 0 radical (unpaired) electrons. The van der Waals surface area contributed by atoms with Crippen molar-refractivity contribution in [2.75, 3.05) is 19.4 Å². The molecule has 0 aromatic heterocycles. The predicted octanol–water partition coefficient (Wildman–Crippen LogP) is 2.97. The first kappa shape index (κ1) is 15.3. The predicted molar refractivity (Wildman–Crippen MR) is 76.3 cm³/mol. The van der Waals surface area contributed by atoms with E-state index in [0.29, 0.717) is 0 Å². The fraction of sp³-hybridized carbons (Fsp3) is 0.462. The number of thioether (sulfide) groups is 1. The van der Waals surface area contributed by atoms with Gasteiger partial charge in [-0.3, -0.25) is 4.79 Å². The molecule has 0 bridgehead atoms. The van der Waals surface area contributed by atoms with Gasteiger partial charge in [-0.1, -0.05) is 30.7 Å². The Morgan fingerprint density at radius 1 is 1.50 bits per heavy atom. The molecule has 0 aliphatic heterocycles. The van der Waals surface area contributed by atoms with E-state index in [0.717, 1.165) is 28.6 Å². The molecule has 18 heavy (non-hydrogen) atoms. The minimum Gasteiger partial charge on any atom is -0.468 e. The number of carbonyl (C=O) groups is 1. The highest BCUT2D eigenvalue weighted by molar-refractivity contribution is 7.99. The van der Waals surface area contributed by atoms with Crippen LogP contribution in [0, 0.1) is 0 Å². The lowest BCUT2D eigenvalue weighted by Gasteiger charge is -2.15. The standard InChI is InChI=1S/C13H18ClNO2S/c1-3-15-11(13(16)17-2)8-9-18-12-7-5-4-6-10(12)14/h4-7,11,15H,3,8-9H2,1-2H3. The highest BCUT2D eigenvalue weighted by atomic mass is 35.5. The zero-order valence-electron chi connectivity index (χ0n) is 10.6. The van der Waals surface area contributed by atoms with Gasteiger partial charge in [0, 0.05) is 10.6 Å². The summed E-state index contributed by atoms with van der Waals surface area (Å²) < 4.78 is 4.75. The maximum absolute atomic E-state index is 11.5. The summed E-state index contributed by atoms with van der Waals surface area (Å²) in [4.78, 5) is 12.5. The first-order valence-corrected chi connectivity index (χ1v) is 7.24. The summed E-state index contributed by atoms with van der Waals surface area (Å²) in [6, 6.07) is 7.47. The molecule has 1 atom stereocenters. The van der Waals surface area contributed by atoms with Gasteiger partial charge in [-0.15, -0.1) is 11.8 Å². The first-order chi connectivity index (χ1) is 8.69. The fourth-order valence-electron chi connectivity index (χ4n) is 1.54. The molecule has 0 aliphatic rings. The molecular formula is C13H18ClNO2S. The van der Waals surface area contributed by atoms with E-state index in [1.807, 2.05) is 31.2 Å². The topological polar surface area (TPSA) is 38.3 Å². The third kappa shape index (κ3) is 4.88. The van der Waals surface area contributed by atoms with Gasteiger partial charge in [-0.25, -0.2) is 0 Å². The maximum atomic E-state index is 11.5. The largest absolute Gasteiger partial charge is 0.468 e. The number of esters is 1. The van der Waals surface area contributed by atoms with Crippen molar-refractivity contribution in [1.82, 2.24) is 5.32 Å². The van der Waals surface area contributed by atoms with Crippen LogP contribution in [0.5, 0.6) is 0 Å². The smallest absolute Gasteiger partial charge is 0.322 e. The highest BCUT2D eigenvalue weighted by Gasteiger charge is 2.17. The second-order valence-electron chi connectivity index (χ2n) is 3.70. The Balaban J connectivity index is 2.44. The van der Waals surface area contributed by atoms with Gasteiger partial charge in [0.25, 0.3) is 0 Å². The van der Waals surface area contributed by atoms with Crippen LogP contribution in [0.1, 0.15) is 13.3 Å². The van der Waals surface area contributed by atoms with Gasteiger partial charge in [0.1, 0.15) is 6.04 Å². The van der Waals surface area contributed by atoms with Crippen LogP contribution in [0.4, 0.5) is 0 Å². The molecule has 0 saturated heterocycles. The summed E-state index contributed by atoms with van der Waals surface area (Å²) in [5.74, 6) is 0.604. The minimum atomic E-state index is -0.241. The van der Waals surface area contributed by atoms with E-state index < -0.39 is 0 Å². The molecule has 1 aromatic rings. The molecule has 1 unspecified atom stereocenters. The molecule has 0 aliphatic carbocycles. The number of hydrogen-bond donors (Lipinski definition) is 1. The van der Waals surface area contributed by atoms with E-state index in [-0.39, 0.29) is 12.0 Å². The van der Waals surface area contributed by atoms with E-state index in [2.05, 4.69) is 5.32 Å². The SMILES string of the molecule is CCNC(CCSc1ccccc1Cl)C(=O)OC. The van der Waals surface area contributed by atoms with Crippen molar-refractivity contribution in [3.8, 4) is 0 Å². The van der Waals surface area contributed by atoms with E-state index in [9.17, 15) is 4.79 Å². The molecule has 1 rings (SSSR count). The lowest BCUT2D eigenvalue weighted by Crippen LogP contribution is -2.37. The van der Waals surface area contributed by atoms with Crippen molar-refractivity contribution in [3.05, 3.63) is 29.3 Å². The second-order valence-corrected chi connectivity index (χ2v) is 5.24. The lowest BCUT2D eigenvalue weighted by atomic mass is 10.2. The normalized spacial score (nSPS) is 12.2. The summed E-state index contributed by atoms with van der Waals surface area (Å²) >= 11 is 7.71. The van der Waals surface area contributed by atoms with Crippen molar-refractivity contribution in [3.63, 3.8) is 0 Å². The summed E-state index contributed by atoms with van der Waals surface area (Å²) in [5.41, 5.74) is 0. The van der Waals surface area contributed by atoms with Crippen LogP contribution >= 0.6 is 23.4 Å². The molecule has 0 amide bonds. The number of carbonyl (C=O) groups excluding carboxylic acids is 1. The molecule has 0 spiro atoms. The van der Waals surface area contributed by atoms with Crippen LogP contribution in [0.2, 0.25) is 5.02 Å². The Morgan fingerprint density at radius 2 is 2.22 bits per heavy atom. The zero-order valence-corrected chi connectivity index (χ0v) is 12.2. The highest BCUT2D eigenvalue weighted by Crippen LogP contribution is 2.27. The van der Waals surface area contributed by atoms with Gasteiger partial charge >= 0.3 is 5.97 Å². The Kier molecular flexibility index (Phi) is 7.16. The minimum absolute atomic E-state index is 0.211. The van der Waals surface area contributed by atoms with Gasteiger partial charge in [-0.05, 0) is 25.1 Å². The third-order valence-electron chi connectivity index (χ3n) is 2.44. The summed E-state index contributed by atoms with van der Waals surface area (Å²) in [5, 5.41) is 3.86.